The largest absolute Gasteiger partial charge is 0.309 e. The molecule has 0 spiro atoms. The third-order valence-corrected chi connectivity index (χ3v) is 9.47. The van der Waals surface area contributed by atoms with Gasteiger partial charge in [-0.3, -0.25) is 4.57 Å². The Morgan fingerprint density at radius 1 is 0.500 bits per heavy atom. The molecule has 0 saturated heterocycles. The van der Waals surface area contributed by atoms with E-state index in [1.165, 1.54) is 54.6 Å². The third-order valence-electron chi connectivity index (χ3n) is 8.41. The minimum absolute atomic E-state index is 0.876. The fraction of sp³-hybridized carbons (Fsp3) is 0.0263. The van der Waals surface area contributed by atoms with Crippen molar-refractivity contribution in [1.82, 2.24) is 14.1 Å². The first kappa shape index (κ1) is 23.6. The summed E-state index contributed by atoms with van der Waals surface area (Å²) in [7, 11) is 0. The van der Waals surface area contributed by atoms with Gasteiger partial charge >= 0.3 is 0 Å². The van der Waals surface area contributed by atoms with E-state index in [0.29, 0.717) is 0 Å². The van der Waals surface area contributed by atoms with Gasteiger partial charge in [-0.25, -0.2) is 4.98 Å². The molecular weight excluding hydrogens is 531 g/mol. The highest BCUT2D eigenvalue weighted by molar-refractivity contribution is 7.98. The summed E-state index contributed by atoms with van der Waals surface area (Å²) < 4.78 is 4.76. The van der Waals surface area contributed by atoms with Gasteiger partial charge in [0.15, 0.2) is 0 Å². The zero-order chi connectivity index (χ0) is 27.6. The molecule has 0 unspecified atom stereocenters. The van der Waals surface area contributed by atoms with E-state index in [1.54, 1.807) is 0 Å². The molecule has 3 heterocycles. The summed E-state index contributed by atoms with van der Waals surface area (Å²) in [5.41, 5.74) is 11.8. The first-order valence-electron chi connectivity index (χ1n) is 14.2. The van der Waals surface area contributed by atoms with Crippen LogP contribution >= 0.6 is 11.8 Å². The maximum absolute atomic E-state index is 5.02. The summed E-state index contributed by atoms with van der Waals surface area (Å²) in [5.74, 6) is 1.98. The number of rotatable bonds is 3. The van der Waals surface area contributed by atoms with E-state index in [-0.39, 0.29) is 0 Å². The van der Waals surface area contributed by atoms with Crippen molar-refractivity contribution < 1.29 is 0 Å². The number of imidazole rings is 1. The average molecular weight is 556 g/mol. The Balaban J connectivity index is 1.31. The van der Waals surface area contributed by atoms with Crippen molar-refractivity contribution in [2.45, 2.75) is 10.6 Å². The number of para-hydroxylation sites is 1. The fourth-order valence-corrected chi connectivity index (χ4v) is 7.41. The highest BCUT2D eigenvalue weighted by atomic mass is 32.2. The number of hydrogen-bond donors (Lipinski definition) is 0. The normalized spacial score (nSPS) is 12.6. The second-order valence-electron chi connectivity index (χ2n) is 10.8. The topological polar surface area (TPSA) is 22.8 Å². The number of aromatic nitrogens is 3. The van der Waals surface area contributed by atoms with Crippen LogP contribution in [0.15, 0.2) is 144 Å². The quantitative estimate of drug-likeness (QED) is 0.216. The van der Waals surface area contributed by atoms with Crippen molar-refractivity contribution in [3.8, 4) is 33.6 Å². The Morgan fingerprint density at radius 2 is 1.12 bits per heavy atom. The molecule has 9 rings (SSSR count). The molecule has 1 aliphatic rings. The molecule has 0 amide bonds. The SMILES string of the molecule is c1ccc(-c2ccc3c(c2)c2cc(-c4ccccc4)ccc2n3-c2ccc3nc4n(c3c2)-c2ccccc2SC4)cc1. The lowest BCUT2D eigenvalue weighted by atomic mass is 10.0. The van der Waals surface area contributed by atoms with Crippen LogP contribution in [0, 0.1) is 0 Å². The van der Waals surface area contributed by atoms with Gasteiger partial charge in [0.05, 0.1) is 33.5 Å². The molecule has 4 heteroatoms. The molecule has 6 aromatic carbocycles. The van der Waals surface area contributed by atoms with Gasteiger partial charge in [0.2, 0.25) is 0 Å². The summed E-state index contributed by atoms with van der Waals surface area (Å²) in [6.07, 6.45) is 0. The summed E-state index contributed by atoms with van der Waals surface area (Å²) in [6, 6.07) is 50.4. The van der Waals surface area contributed by atoms with Crippen molar-refractivity contribution >= 4 is 44.6 Å². The Bertz CT molecular complexity index is 2200. The molecule has 0 bridgehead atoms. The lowest BCUT2D eigenvalue weighted by Gasteiger charge is -2.18. The van der Waals surface area contributed by atoms with Gasteiger partial charge in [-0.2, -0.15) is 0 Å². The van der Waals surface area contributed by atoms with E-state index in [4.69, 9.17) is 4.98 Å². The summed E-state index contributed by atoms with van der Waals surface area (Å²) in [6.45, 7) is 0. The van der Waals surface area contributed by atoms with Crippen molar-refractivity contribution in [1.29, 1.82) is 0 Å². The number of nitrogens with zero attached hydrogens (tertiary/aromatic N) is 3. The molecule has 2 aromatic heterocycles. The van der Waals surface area contributed by atoms with E-state index in [2.05, 4.69) is 149 Å². The van der Waals surface area contributed by atoms with Gasteiger partial charge < -0.3 is 4.57 Å². The van der Waals surface area contributed by atoms with Gasteiger partial charge in [-0.1, -0.05) is 84.9 Å². The van der Waals surface area contributed by atoms with Crippen molar-refractivity contribution in [3.63, 3.8) is 0 Å². The van der Waals surface area contributed by atoms with Crippen LogP contribution in [-0.2, 0) is 5.75 Å². The Kier molecular flexibility index (Phi) is 5.19. The highest BCUT2D eigenvalue weighted by Crippen LogP contribution is 2.40. The molecule has 198 valence electrons. The highest BCUT2D eigenvalue weighted by Gasteiger charge is 2.21. The molecule has 1 aliphatic heterocycles. The lowest BCUT2D eigenvalue weighted by molar-refractivity contribution is 0.945. The van der Waals surface area contributed by atoms with Crippen LogP contribution in [0.3, 0.4) is 0 Å². The zero-order valence-electron chi connectivity index (χ0n) is 22.7. The van der Waals surface area contributed by atoms with Crippen LogP contribution in [0.4, 0.5) is 0 Å². The van der Waals surface area contributed by atoms with Crippen LogP contribution in [0.2, 0.25) is 0 Å². The van der Waals surface area contributed by atoms with E-state index >= 15 is 0 Å². The second kappa shape index (κ2) is 9.23. The van der Waals surface area contributed by atoms with E-state index in [1.807, 2.05) is 11.8 Å². The molecule has 8 aromatic rings. The molecule has 42 heavy (non-hydrogen) atoms. The van der Waals surface area contributed by atoms with Crippen LogP contribution in [0.5, 0.6) is 0 Å². The second-order valence-corrected chi connectivity index (χ2v) is 11.8. The Morgan fingerprint density at radius 3 is 1.79 bits per heavy atom. The van der Waals surface area contributed by atoms with Crippen molar-refractivity contribution in [2.75, 3.05) is 0 Å². The molecule has 3 nitrogen and oxygen atoms in total. The zero-order valence-corrected chi connectivity index (χ0v) is 23.6. The first-order chi connectivity index (χ1) is 20.8. The van der Waals surface area contributed by atoms with Gasteiger partial charge in [-0.15, -0.1) is 11.8 Å². The van der Waals surface area contributed by atoms with E-state index in [9.17, 15) is 0 Å². The maximum atomic E-state index is 5.02. The molecule has 0 N–H and O–H groups in total. The number of hydrogen-bond acceptors (Lipinski definition) is 2. The smallest absolute Gasteiger partial charge is 0.124 e. The summed E-state index contributed by atoms with van der Waals surface area (Å²) in [5, 5.41) is 2.50. The van der Waals surface area contributed by atoms with E-state index in [0.717, 1.165) is 28.3 Å². The van der Waals surface area contributed by atoms with Crippen LogP contribution in [-0.4, -0.2) is 14.1 Å². The third kappa shape index (κ3) is 3.59. The average Bonchev–Trinajstić information content (AvgIpc) is 3.60. The van der Waals surface area contributed by atoms with Crippen LogP contribution < -0.4 is 0 Å². The molecule has 0 saturated carbocycles. The summed E-state index contributed by atoms with van der Waals surface area (Å²) in [4.78, 5) is 6.32. The van der Waals surface area contributed by atoms with Gasteiger partial charge in [0, 0.05) is 21.4 Å². The van der Waals surface area contributed by atoms with Crippen molar-refractivity contribution in [2.24, 2.45) is 0 Å². The number of benzene rings is 6. The molecular formula is C38H25N3S. The lowest BCUT2D eigenvalue weighted by Crippen LogP contribution is -2.06. The molecule has 0 fully saturated rings. The minimum atomic E-state index is 0.876. The summed E-state index contributed by atoms with van der Waals surface area (Å²) >= 11 is 1.86. The van der Waals surface area contributed by atoms with Crippen LogP contribution in [0.1, 0.15) is 5.82 Å². The number of fused-ring (bicyclic) bond motifs is 8. The predicted molar refractivity (Wildman–Crippen MR) is 176 cm³/mol. The van der Waals surface area contributed by atoms with Gasteiger partial charge in [0.1, 0.15) is 5.82 Å². The molecule has 0 aliphatic carbocycles. The number of thioether (sulfide) groups is 1. The van der Waals surface area contributed by atoms with Crippen molar-refractivity contribution in [3.05, 3.63) is 145 Å². The minimum Gasteiger partial charge on any atom is -0.309 e. The Labute approximate surface area is 247 Å². The Hall–Kier alpha value is -5.06. The monoisotopic (exact) mass is 555 g/mol. The van der Waals surface area contributed by atoms with Gasteiger partial charge in [0.25, 0.3) is 0 Å². The predicted octanol–water partition coefficient (Wildman–Crippen LogP) is 10.1. The molecule has 0 atom stereocenters. The van der Waals surface area contributed by atoms with Gasteiger partial charge in [-0.05, 0) is 76.9 Å². The van der Waals surface area contributed by atoms with E-state index < -0.39 is 0 Å². The molecule has 0 radical (unpaired) electrons. The maximum Gasteiger partial charge on any atom is 0.124 e. The fourth-order valence-electron chi connectivity index (χ4n) is 6.45. The standard InChI is InChI=1S/C38H25N3S/c1-3-9-25(10-4-1)27-15-19-33-30(21-27)31-22-28(26-11-5-2-6-12-26)16-20-34(31)40(33)29-17-18-32-36(23-29)41-35-13-7-8-14-37(35)42-24-38(41)39-32/h1-23H,24H2. The first-order valence-corrected chi connectivity index (χ1v) is 15.2. The van der Waals surface area contributed by atoms with Crippen LogP contribution in [0.25, 0.3) is 66.5 Å².